The molecule has 2 rings (SSSR count). The molecule has 1 aromatic heterocycles. The fourth-order valence-corrected chi connectivity index (χ4v) is 2.10. The molecule has 0 radical (unpaired) electrons. The maximum Gasteiger partial charge on any atom is 0.184 e. The van der Waals surface area contributed by atoms with Gasteiger partial charge in [-0.25, -0.2) is 0 Å². The normalized spacial score (nSPS) is 17.6. The molecule has 1 aromatic rings. The third-order valence-corrected chi connectivity index (χ3v) is 3.00. The monoisotopic (exact) mass is 222 g/mol. The summed E-state index contributed by atoms with van der Waals surface area (Å²) in [6, 6.07) is 1.83. The van der Waals surface area contributed by atoms with E-state index in [-0.39, 0.29) is 11.7 Å². The van der Waals surface area contributed by atoms with Crippen LogP contribution in [0.1, 0.15) is 36.7 Å². The summed E-state index contributed by atoms with van der Waals surface area (Å²) >= 11 is 0. The molecule has 2 heterocycles. The van der Waals surface area contributed by atoms with Crippen molar-refractivity contribution in [2.75, 3.05) is 13.2 Å². The number of Topliss-reactive ketones (excluding diaryl/α,β-unsaturated/α-hetero) is 1. The molecule has 0 aromatic carbocycles. The molecule has 0 amide bonds. The predicted octanol–water partition coefficient (Wildman–Crippen LogP) is 1.90. The van der Waals surface area contributed by atoms with Crippen LogP contribution in [0.2, 0.25) is 0 Å². The summed E-state index contributed by atoms with van der Waals surface area (Å²) in [6.45, 7) is 4.32. The Labute approximate surface area is 95.6 Å². The third kappa shape index (κ3) is 2.32. The Morgan fingerprint density at radius 3 is 3.00 bits per heavy atom. The van der Waals surface area contributed by atoms with Crippen LogP contribution in [-0.4, -0.2) is 28.8 Å². The van der Waals surface area contributed by atoms with Crippen LogP contribution in [0.15, 0.2) is 12.3 Å². The molecule has 1 aliphatic rings. The first kappa shape index (κ1) is 11.3. The summed E-state index contributed by atoms with van der Waals surface area (Å²) < 4.78 is 7.09. The number of rotatable bonds is 4. The van der Waals surface area contributed by atoms with Gasteiger partial charge in [0, 0.05) is 31.9 Å². The highest BCUT2D eigenvalue weighted by Gasteiger charge is 2.24. The Kier molecular flexibility index (Phi) is 3.72. The summed E-state index contributed by atoms with van der Waals surface area (Å²) in [7, 11) is 0. The molecular formula is C12H18N2O2. The summed E-state index contributed by atoms with van der Waals surface area (Å²) in [5, 5.41) is 4.19. The summed E-state index contributed by atoms with van der Waals surface area (Å²) in [4.78, 5) is 12.2. The van der Waals surface area contributed by atoms with Gasteiger partial charge >= 0.3 is 0 Å². The van der Waals surface area contributed by atoms with Crippen LogP contribution >= 0.6 is 0 Å². The van der Waals surface area contributed by atoms with Crippen LogP contribution < -0.4 is 0 Å². The molecular weight excluding hydrogens is 204 g/mol. The van der Waals surface area contributed by atoms with Gasteiger partial charge in [0.1, 0.15) is 5.69 Å². The number of ketones is 1. The van der Waals surface area contributed by atoms with E-state index in [1.165, 1.54) is 0 Å². The number of aryl methyl sites for hydroxylation is 1. The van der Waals surface area contributed by atoms with Crippen LogP contribution in [0.25, 0.3) is 0 Å². The Hall–Kier alpha value is -1.16. The number of hydrogen-bond donors (Lipinski definition) is 0. The second-order valence-electron chi connectivity index (χ2n) is 4.19. The minimum Gasteiger partial charge on any atom is -0.381 e. The molecule has 0 N–H and O–H groups in total. The lowest BCUT2D eigenvalue weighted by molar-refractivity contribution is 0.0538. The molecule has 1 aliphatic heterocycles. The first-order valence-corrected chi connectivity index (χ1v) is 5.96. The van der Waals surface area contributed by atoms with Gasteiger partial charge in [-0.1, -0.05) is 6.92 Å². The second kappa shape index (κ2) is 5.25. The van der Waals surface area contributed by atoms with Crippen molar-refractivity contribution >= 4 is 5.78 Å². The van der Waals surface area contributed by atoms with Gasteiger partial charge in [0.15, 0.2) is 5.78 Å². The molecule has 0 atom stereocenters. The molecule has 4 nitrogen and oxygen atoms in total. The van der Waals surface area contributed by atoms with Gasteiger partial charge in [0.2, 0.25) is 0 Å². The molecule has 0 saturated carbocycles. The van der Waals surface area contributed by atoms with E-state index in [1.807, 2.05) is 10.7 Å². The second-order valence-corrected chi connectivity index (χ2v) is 4.19. The minimum absolute atomic E-state index is 0.126. The SMILES string of the molecule is CCCn1nccc1C(=O)C1CCOCC1. The van der Waals surface area contributed by atoms with Crippen LogP contribution in [0.3, 0.4) is 0 Å². The van der Waals surface area contributed by atoms with Crippen molar-refractivity contribution in [2.45, 2.75) is 32.7 Å². The van der Waals surface area contributed by atoms with Crippen molar-refractivity contribution in [3.63, 3.8) is 0 Å². The number of aromatic nitrogens is 2. The lowest BCUT2D eigenvalue weighted by Crippen LogP contribution is -2.25. The largest absolute Gasteiger partial charge is 0.381 e. The summed E-state index contributed by atoms with van der Waals surface area (Å²) in [5.74, 6) is 0.357. The van der Waals surface area contributed by atoms with Crippen molar-refractivity contribution in [1.82, 2.24) is 9.78 Å². The summed E-state index contributed by atoms with van der Waals surface area (Å²) in [6.07, 6.45) is 4.39. The van der Waals surface area contributed by atoms with Gasteiger partial charge in [-0.05, 0) is 25.3 Å². The van der Waals surface area contributed by atoms with Crippen molar-refractivity contribution < 1.29 is 9.53 Å². The van der Waals surface area contributed by atoms with Crippen LogP contribution in [-0.2, 0) is 11.3 Å². The van der Waals surface area contributed by atoms with E-state index in [0.29, 0.717) is 13.2 Å². The van der Waals surface area contributed by atoms with E-state index in [9.17, 15) is 4.79 Å². The van der Waals surface area contributed by atoms with Gasteiger partial charge in [-0.2, -0.15) is 5.10 Å². The van der Waals surface area contributed by atoms with Crippen LogP contribution in [0.4, 0.5) is 0 Å². The Morgan fingerprint density at radius 1 is 1.56 bits per heavy atom. The highest BCUT2D eigenvalue weighted by atomic mass is 16.5. The zero-order valence-corrected chi connectivity index (χ0v) is 9.69. The van der Waals surface area contributed by atoms with Crippen molar-refractivity contribution in [3.05, 3.63) is 18.0 Å². The van der Waals surface area contributed by atoms with Crippen molar-refractivity contribution in [2.24, 2.45) is 5.92 Å². The van der Waals surface area contributed by atoms with Crippen molar-refractivity contribution in [3.8, 4) is 0 Å². The maximum atomic E-state index is 12.2. The number of nitrogens with zero attached hydrogens (tertiary/aromatic N) is 2. The van der Waals surface area contributed by atoms with E-state index in [4.69, 9.17) is 4.74 Å². The number of carbonyl (C=O) groups is 1. The van der Waals surface area contributed by atoms with Crippen LogP contribution in [0.5, 0.6) is 0 Å². The smallest absolute Gasteiger partial charge is 0.184 e. The van der Waals surface area contributed by atoms with Gasteiger partial charge < -0.3 is 4.74 Å². The maximum absolute atomic E-state index is 12.2. The highest BCUT2D eigenvalue weighted by molar-refractivity contribution is 5.96. The van der Waals surface area contributed by atoms with Gasteiger partial charge in [-0.15, -0.1) is 0 Å². The number of carbonyl (C=O) groups excluding carboxylic acids is 1. The Morgan fingerprint density at radius 2 is 2.31 bits per heavy atom. The average Bonchev–Trinajstić information content (AvgIpc) is 2.78. The predicted molar refractivity (Wildman–Crippen MR) is 60.4 cm³/mol. The fraction of sp³-hybridized carbons (Fsp3) is 0.667. The third-order valence-electron chi connectivity index (χ3n) is 3.00. The molecule has 0 unspecified atom stereocenters. The van der Waals surface area contributed by atoms with Gasteiger partial charge in [0.05, 0.1) is 0 Å². The molecule has 88 valence electrons. The molecule has 4 heteroatoms. The van der Waals surface area contributed by atoms with E-state index >= 15 is 0 Å². The lowest BCUT2D eigenvalue weighted by Gasteiger charge is -2.20. The first-order valence-electron chi connectivity index (χ1n) is 5.96. The zero-order valence-electron chi connectivity index (χ0n) is 9.69. The molecule has 0 aliphatic carbocycles. The highest BCUT2D eigenvalue weighted by Crippen LogP contribution is 2.20. The van der Waals surface area contributed by atoms with Gasteiger partial charge in [-0.3, -0.25) is 9.48 Å². The Balaban J connectivity index is 2.09. The number of hydrogen-bond acceptors (Lipinski definition) is 3. The van der Waals surface area contributed by atoms with E-state index in [1.54, 1.807) is 6.20 Å². The molecule has 1 saturated heterocycles. The molecule has 0 spiro atoms. The Bertz CT molecular complexity index is 354. The van der Waals surface area contributed by atoms with E-state index < -0.39 is 0 Å². The summed E-state index contributed by atoms with van der Waals surface area (Å²) in [5.41, 5.74) is 0.758. The molecule has 0 bridgehead atoms. The zero-order chi connectivity index (χ0) is 11.4. The average molecular weight is 222 g/mol. The minimum atomic E-state index is 0.126. The van der Waals surface area contributed by atoms with Crippen molar-refractivity contribution in [1.29, 1.82) is 0 Å². The molecule has 16 heavy (non-hydrogen) atoms. The van der Waals surface area contributed by atoms with Gasteiger partial charge in [0.25, 0.3) is 0 Å². The number of ether oxygens (including phenoxy) is 1. The standard InChI is InChI=1S/C12H18N2O2/c1-2-7-14-11(3-6-13-14)12(15)10-4-8-16-9-5-10/h3,6,10H,2,4-5,7-9H2,1H3. The fourth-order valence-electron chi connectivity index (χ4n) is 2.10. The molecule has 1 fully saturated rings. The van der Waals surface area contributed by atoms with E-state index in [0.717, 1.165) is 31.5 Å². The first-order chi connectivity index (χ1) is 7.83. The van der Waals surface area contributed by atoms with Crippen LogP contribution in [0, 0.1) is 5.92 Å². The lowest BCUT2D eigenvalue weighted by atomic mass is 9.93. The topological polar surface area (TPSA) is 44.1 Å². The quantitative estimate of drug-likeness (QED) is 0.731. The van der Waals surface area contributed by atoms with E-state index in [2.05, 4.69) is 12.0 Å².